The van der Waals surface area contributed by atoms with Crippen LogP contribution in [0.3, 0.4) is 0 Å². The quantitative estimate of drug-likeness (QED) is 0.826. The highest BCUT2D eigenvalue weighted by molar-refractivity contribution is 5.81. The standard InChI is InChI=1S/C15H24N2O2/c1-10(2)7-13(16)15(18)17-9-12-5-6-14(19-4)11(3)8-12/h5-6,8,10,13H,7,9,16H2,1-4H3,(H,17,18). The number of hydrogen-bond acceptors (Lipinski definition) is 3. The Balaban J connectivity index is 2.52. The largest absolute Gasteiger partial charge is 0.496 e. The number of nitrogens with two attached hydrogens (primary N) is 1. The fourth-order valence-electron chi connectivity index (χ4n) is 1.99. The molecule has 1 amide bonds. The number of methoxy groups -OCH3 is 1. The van der Waals surface area contributed by atoms with E-state index in [4.69, 9.17) is 10.5 Å². The molecule has 4 heteroatoms. The minimum Gasteiger partial charge on any atom is -0.496 e. The molecule has 106 valence electrons. The fraction of sp³-hybridized carbons (Fsp3) is 0.533. The smallest absolute Gasteiger partial charge is 0.237 e. The van der Waals surface area contributed by atoms with Crippen LogP contribution in [0.1, 0.15) is 31.4 Å². The molecule has 1 aromatic carbocycles. The van der Waals surface area contributed by atoms with Gasteiger partial charge in [-0.15, -0.1) is 0 Å². The number of nitrogens with one attached hydrogen (secondary N) is 1. The summed E-state index contributed by atoms with van der Waals surface area (Å²) < 4.78 is 5.20. The van der Waals surface area contributed by atoms with Crippen LogP contribution in [0.4, 0.5) is 0 Å². The van der Waals surface area contributed by atoms with Crippen molar-refractivity contribution in [2.45, 2.75) is 39.8 Å². The third-order valence-electron chi connectivity index (χ3n) is 2.99. The molecule has 0 aliphatic heterocycles. The molecular formula is C15H24N2O2. The lowest BCUT2D eigenvalue weighted by molar-refractivity contribution is -0.122. The maximum Gasteiger partial charge on any atom is 0.237 e. The van der Waals surface area contributed by atoms with Crippen molar-refractivity contribution >= 4 is 5.91 Å². The first-order chi connectivity index (χ1) is 8.93. The zero-order valence-electron chi connectivity index (χ0n) is 12.2. The lowest BCUT2D eigenvalue weighted by Crippen LogP contribution is -2.41. The van der Waals surface area contributed by atoms with Gasteiger partial charge in [0.15, 0.2) is 0 Å². The first-order valence-corrected chi connectivity index (χ1v) is 6.60. The van der Waals surface area contributed by atoms with Gasteiger partial charge in [0.1, 0.15) is 5.75 Å². The van der Waals surface area contributed by atoms with Crippen molar-refractivity contribution in [3.8, 4) is 5.75 Å². The van der Waals surface area contributed by atoms with Gasteiger partial charge in [0.05, 0.1) is 13.2 Å². The Morgan fingerprint density at radius 1 is 1.42 bits per heavy atom. The number of amides is 1. The van der Waals surface area contributed by atoms with Gasteiger partial charge in [0.25, 0.3) is 0 Å². The predicted octanol–water partition coefficient (Wildman–Crippen LogP) is 1.99. The zero-order valence-corrected chi connectivity index (χ0v) is 12.2. The molecule has 1 atom stereocenters. The molecule has 0 bridgehead atoms. The SMILES string of the molecule is COc1ccc(CNC(=O)C(N)CC(C)C)cc1C. The Hall–Kier alpha value is -1.55. The van der Waals surface area contributed by atoms with Crippen LogP contribution < -0.4 is 15.8 Å². The number of carbonyl (C=O) groups excluding carboxylic acids is 1. The molecular weight excluding hydrogens is 240 g/mol. The molecule has 0 saturated heterocycles. The van der Waals surface area contributed by atoms with Crippen LogP contribution in [0.25, 0.3) is 0 Å². The predicted molar refractivity (Wildman–Crippen MR) is 77.0 cm³/mol. The molecule has 0 aromatic heterocycles. The van der Waals surface area contributed by atoms with Crippen molar-refractivity contribution in [3.63, 3.8) is 0 Å². The molecule has 0 spiro atoms. The van der Waals surface area contributed by atoms with E-state index in [0.717, 1.165) is 16.9 Å². The van der Waals surface area contributed by atoms with Crippen LogP contribution in [-0.4, -0.2) is 19.1 Å². The second-order valence-corrected chi connectivity index (χ2v) is 5.26. The van der Waals surface area contributed by atoms with Crippen LogP contribution in [0, 0.1) is 12.8 Å². The van der Waals surface area contributed by atoms with Gasteiger partial charge in [-0.05, 0) is 36.5 Å². The van der Waals surface area contributed by atoms with E-state index in [1.807, 2.05) is 25.1 Å². The molecule has 1 aromatic rings. The van der Waals surface area contributed by atoms with Gasteiger partial charge in [0, 0.05) is 6.54 Å². The second kappa shape index (κ2) is 7.14. The average Bonchev–Trinajstić information content (AvgIpc) is 2.35. The van der Waals surface area contributed by atoms with Crippen molar-refractivity contribution < 1.29 is 9.53 Å². The summed E-state index contributed by atoms with van der Waals surface area (Å²) in [4.78, 5) is 11.8. The topological polar surface area (TPSA) is 64.3 Å². The van der Waals surface area contributed by atoms with E-state index in [2.05, 4.69) is 19.2 Å². The number of hydrogen-bond donors (Lipinski definition) is 2. The molecule has 0 aliphatic carbocycles. The van der Waals surface area contributed by atoms with E-state index in [-0.39, 0.29) is 5.91 Å². The Bertz CT molecular complexity index is 430. The highest BCUT2D eigenvalue weighted by atomic mass is 16.5. The first kappa shape index (κ1) is 15.5. The van der Waals surface area contributed by atoms with Gasteiger partial charge in [-0.2, -0.15) is 0 Å². The molecule has 0 heterocycles. The van der Waals surface area contributed by atoms with Gasteiger partial charge in [-0.1, -0.05) is 26.0 Å². The van der Waals surface area contributed by atoms with Crippen LogP contribution in [0.2, 0.25) is 0 Å². The van der Waals surface area contributed by atoms with E-state index in [1.165, 1.54) is 0 Å². The summed E-state index contributed by atoms with van der Waals surface area (Å²) in [5.41, 5.74) is 7.93. The van der Waals surface area contributed by atoms with Gasteiger partial charge in [0.2, 0.25) is 5.91 Å². The average molecular weight is 264 g/mol. The molecule has 0 saturated carbocycles. The van der Waals surface area contributed by atoms with Gasteiger partial charge in [-0.25, -0.2) is 0 Å². The van der Waals surface area contributed by atoms with Crippen LogP contribution in [0.5, 0.6) is 5.75 Å². The summed E-state index contributed by atoms with van der Waals surface area (Å²) >= 11 is 0. The Morgan fingerprint density at radius 3 is 2.63 bits per heavy atom. The minimum absolute atomic E-state index is 0.0952. The van der Waals surface area contributed by atoms with E-state index in [1.54, 1.807) is 7.11 Å². The molecule has 1 rings (SSSR count). The third-order valence-corrected chi connectivity index (χ3v) is 2.99. The summed E-state index contributed by atoms with van der Waals surface area (Å²) in [6.45, 7) is 6.59. The van der Waals surface area contributed by atoms with Crippen molar-refractivity contribution in [3.05, 3.63) is 29.3 Å². The lowest BCUT2D eigenvalue weighted by atomic mass is 10.0. The molecule has 19 heavy (non-hydrogen) atoms. The Morgan fingerprint density at radius 2 is 2.11 bits per heavy atom. The van der Waals surface area contributed by atoms with Crippen LogP contribution in [0.15, 0.2) is 18.2 Å². The lowest BCUT2D eigenvalue weighted by Gasteiger charge is -2.14. The van der Waals surface area contributed by atoms with E-state index >= 15 is 0 Å². The maximum absolute atomic E-state index is 11.8. The Kier molecular flexibility index (Phi) is 5.83. The third kappa shape index (κ3) is 4.91. The highest BCUT2D eigenvalue weighted by Crippen LogP contribution is 2.18. The van der Waals surface area contributed by atoms with E-state index < -0.39 is 6.04 Å². The van der Waals surface area contributed by atoms with Gasteiger partial charge < -0.3 is 15.8 Å². The Labute approximate surface area is 115 Å². The number of rotatable bonds is 6. The summed E-state index contributed by atoms with van der Waals surface area (Å²) in [7, 11) is 1.65. The van der Waals surface area contributed by atoms with Crippen molar-refractivity contribution in [2.75, 3.05) is 7.11 Å². The van der Waals surface area contributed by atoms with E-state index in [9.17, 15) is 4.79 Å². The normalized spacial score (nSPS) is 12.3. The number of aryl methyl sites for hydroxylation is 1. The summed E-state index contributed by atoms with van der Waals surface area (Å²) in [5.74, 6) is 1.18. The zero-order chi connectivity index (χ0) is 14.4. The van der Waals surface area contributed by atoms with Crippen molar-refractivity contribution in [1.29, 1.82) is 0 Å². The van der Waals surface area contributed by atoms with Crippen molar-refractivity contribution in [1.82, 2.24) is 5.32 Å². The van der Waals surface area contributed by atoms with Gasteiger partial charge >= 0.3 is 0 Å². The summed E-state index contributed by atoms with van der Waals surface area (Å²) in [6.07, 6.45) is 0.702. The number of ether oxygens (including phenoxy) is 1. The fourth-order valence-corrected chi connectivity index (χ4v) is 1.99. The number of benzene rings is 1. The number of carbonyl (C=O) groups is 1. The summed E-state index contributed by atoms with van der Waals surface area (Å²) in [5, 5.41) is 2.86. The maximum atomic E-state index is 11.8. The molecule has 1 unspecified atom stereocenters. The monoisotopic (exact) mass is 264 g/mol. The molecule has 3 N–H and O–H groups in total. The van der Waals surface area contributed by atoms with E-state index in [0.29, 0.717) is 18.9 Å². The molecule has 4 nitrogen and oxygen atoms in total. The minimum atomic E-state index is -0.431. The first-order valence-electron chi connectivity index (χ1n) is 6.60. The second-order valence-electron chi connectivity index (χ2n) is 5.26. The van der Waals surface area contributed by atoms with Gasteiger partial charge in [-0.3, -0.25) is 4.79 Å². The molecule has 0 aliphatic rings. The van der Waals surface area contributed by atoms with Crippen LogP contribution >= 0.6 is 0 Å². The highest BCUT2D eigenvalue weighted by Gasteiger charge is 2.14. The molecule has 0 radical (unpaired) electrons. The molecule has 0 fully saturated rings. The van der Waals surface area contributed by atoms with Crippen molar-refractivity contribution in [2.24, 2.45) is 11.7 Å². The van der Waals surface area contributed by atoms with Crippen LogP contribution in [-0.2, 0) is 11.3 Å². The summed E-state index contributed by atoms with van der Waals surface area (Å²) in [6, 6.07) is 5.43.